The Balaban J connectivity index is 1.87. The van der Waals surface area contributed by atoms with Crippen LogP contribution in [0, 0.1) is 5.82 Å². The van der Waals surface area contributed by atoms with Crippen LogP contribution in [0.5, 0.6) is 0 Å². The first-order valence-corrected chi connectivity index (χ1v) is 7.61. The van der Waals surface area contributed by atoms with Gasteiger partial charge >= 0.3 is 0 Å². The summed E-state index contributed by atoms with van der Waals surface area (Å²) < 4.78 is 13.3. The summed E-state index contributed by atoms with van der Waals surface area (Å²) in [6.45, 7) is 1.78. The zero-order valence-electron chi connectivity index (χ0n) is 11.8. The molecule has 1 aromatic carbocycles. The number of nitrogens with one attached hydrogen (secondary N) is 1. The third-order valence-electron chi connectivity index (χ3n) is 3.31. The summed E-state index contributed by atoms with van der Waals surface area (Å²) in [5.74, 6) is -0.182. The lowest BCUT2D eigenvalue weighted by Gasteiger charge is -2.21. The summed E-state index contributed by atoms with van der Waals surface area (Å²) in [4.78, 5) is 6.52. The van der Waals surface area contributed by atoms with Crippen LogP contribution in [0.15, 0.2) is 35.2 Å². The molecule has 0 fully saturated rings. The van der Waals surface area contributed by atoms with Crippen molar-refractivity contribution < 1.29 is 4.39 Å². The fourth-order valence-corrected chi connectivity index (χ4v) is 2.77. The normalized spacial score (nSPS) is 12.8. The molecule has 0 saturated carbocycles. The molecule has 1 N–H and O–H groups in total. The van der Waals surface area contributed by atoms with Gasteiger partial charge in [0.25, 0.3) is 0 Å². The molecule has 0 amide bonds. The molecule has 0 aliphatic rings. The first kappa shape index (κ1) is 15.1. The van der Waals surface area contributed by atoms with E-state index in [2.05, 4.69) is 27.6 Å². The molecule has 0 radical (unpaired) electrons. The summed E-state index contributed by atoms with van der Waals surface area (Å²) in [7, 11) is 3.99. The van der Waals surface area contributed by atoms with Gasteiger partial charge in [-0.2, -0.15) is 0 Å². The van der Waals surface area contributed by atoms with Gasteiger partial charge in [0.1, 0.15) is 5.82 Å². The van der Waals surface area contributed by atoms with Gasteiger partial charge in [-0.05, 0) is 38.2 Å². The van der Waals surface area contributed by atoms with E-state index in [4.69, 9.17) is 0 Å². The van der Waals surface area contributed by atoms with E-state index in [-0.39, 0.29) is 11.9 Å². The molecule has 0 bridgehead atoms. The van der Waals surface area contributed by atoms with E-state index in [1.807, 2.05) is 18.6 Å². The molecule has 2 rings (SSSR count). The molecular formula is C15H20FN3S. The van der Waals surface area contributed by atoms with Gasteiger partial charge in [-0.25, -0.2) is 9.37 Å². The highest BCUT2D eigenvalue weighted by atomic mass is 32.1. The molecule has 0 aliphatic heterocycles. The SMILES string of the molecule is CNC(CCN(C)Cc1cscn1)c1cccc(F)c1. The maximum atomic E-state index is 13.3. The Hall–Kier alpha value is -1.30. The molecular weight excluding hydrogens is 273 g/mol. The van der Waals surface area contributed by atoms with Crippen molar-refractivity contribution in [3.8, 4) is 0 Å². The van der Waals surface area contributed by atoms with Gasteiger partial charge in [0.2, 0.25) is 0 Å². The first-order chi connectivity index (χ1) is 9.69. The predicted molar refractivity (Wildman–Crippen MR) is 81.3 cm³/mol. The molecule has 108 valence electrons. The van der Waals surface area contributed by atoms with Gasteiger partial charge in [-0.1, -0.05) is 12.1 Å². The van der Waals surface area contributed by atoms with Gasteiger partial charge in [0.05, 0.1) is 11.2 Å². The monoisotopic (exact) mass is 293 g/mol. The first-order valence-electron chi connectivity index (χ1n) is 6.67. The van der Waals surface area contributed by atoms with Gasteiger partial charge in [0, 0.05) is 24.5 Å². The third-order valence-corrected chi connectivity index (χ3v) is 3.95. The summed E-state index contributed by atoms with van der Waals surface area (Å²) in [6, 6.07) is 6.97. The largest absolute Gasteiger partial charge is 0.313 e. The quantitative estimate of drug-likeness (QED) is 0.850. The lowest BCUT2D eigenvalue weighted by molar-refractivity contribution is 0.301. The summed E-state index contributed by atoms with van der Waals surface area (Å²) >= 11 is 1.62. The second kappa shape index (κ2) is 7.47. The van der Waals surface area contributed by atoms with Crippen LogP contribution in [0.3, 0.4) is 0 Å². The molecule has 1 heterocycles. The molecule has 3 nitrogen and oxygen atoms in total. The van der Waals surface area contributed by atoms with Gasteiger partial charge in [0.15, 0.2) is 0 Å². The molecule has 0 aliphatic carbocycles. The Morgan fingerprint density at radius 3 is 2.95 bits per heavy atom. The second-order valence-electron chi connectivity index (χ2n) is 4.90. The topological polar surface area (TPSA) is 28.2 Å². The van der Waals surface area contributed by atoms with Crippen molar-refractivity contribution in [1.29, 1.82) is 0 Å². The van der Waals surface area contributed by atoms with Crippen LogP contribution in [0.1, 0.15) is 23.7 Å². The van der Waals surface area contributed by atoms with E-state index in [9.17, 15) is 4.39 Å². The number of hydrogen-bond acceptors (Lipinski definition) is 4. The van der Waals surface area contributed by atoms with E-state index in [0.29, 0.717) is 0 Å². The Kier molecular flexibility index (Phi) is 5.64. The van der Waals surface area contributed by atoms with Crippen LogP contribution in [0.2, 0.25) is 0 Å². The Bertz CT molecular complexity index is 516. The van der Waals surface area contributed by atoms with Crippen LogP contribution in [0.4, 0.5) is 4.39 Å². The van der Waals surface area contributed by atoms with E-state index < -0.39 is 0 Å². The van der Waals surface area contributed by atoms with Crippen molar-refractivity contribution >= 4 is 11.3 Å². The fourth-order valence-electron chi connectivity index (χ4n) is 2.22. The lowest BCUT2D eigenvalue weighted by Crippen LogP contribution is -2.25. The molecule has 0 saturated heterocycles. The maximum absolute atomic E-state index is 13.3. The van der Waals surface area contributed by atoms with Crippen molar-refractivity contribution in [2.45, 2.75) is 19.0 Å². The van der Waals surface area contributed by atoms with Gasteiger partial charge < -0.3 is 10.2 Å². The van der Waals surface area contributed by atoms with Crippen LogP contribution in [0.25, 0.3) is 0 Å². The van der Waals surface area contributed by atoms with Crippen LogP contribution >= 0.6 is 11.3 Å². The molecule has 1 aromatic heterocycles. The van der Waals surface area contributed by atoms with E-state index in [1.54, 1.807) is 23.5 Å². The summed E-state index contributed by atoms with van der Waals surface area (Å²) in [5, 5.41) is 5.32. The zero-order valence-corrected chi connectivity index (χ0v) is 12.7. The Morgan fingerprint density at radius 2 is 2.30 bits per heavy atom. The third kappa shape index (κ3) is 4.37. The number of thiazole rings is 1. The standard InChI is InChI=1S/C15H20FN3S/c1-17-15(12-4-3-5-13(16)8-12)6-7-19(2)9-14-10-20-11-18-14/h3-5,8,10-11,15,17H,6-7,9H2,1-2H3. The smallest absolute Gasteiger partial charge is 0.123 e. The highest BCUT2D eigenvalue weighted by Gasteiger charge is 2.11. The minimum absolute atomic E-state index is 0.170. The van der Waals surface area contributed by atoms with E-state index in [1.165, 1.54) is 6.07 Å². The minimum Gasteiger partial charge on any atom is -0.313 e. The van der Waals surface area contributed by atoms with E-state index in [0.717, 1.165) is 30.8 Å². The van der Waals surface area contributed by atoms with E-state index >= 15 is 0 Å². The fraction of sp³-hybridized carbons (Fsp3) is 0.400. The van der Waals surface area contributed by atoms with Crippen molar-refractivity contribution in [2.75, 3.05) is 20.6 Å². The highest BCUT2D eigenvalue weighted by Crippen LogP contribution is 2.18. The summed E-state index contributed by atoms with van der Waals surface area (Å²) in [6.07, 6.45) is 0.931. The van der Waals surface area contributed by atoms with Crippen LogP contribution in [-0.4, -0.2) is 30.5 Å². The molecule has 0 spiro atoms. The van der Waals surface area contributed by atoms with Crippen molar-refractivity contribution in [3.05, 3.63) is 52.2 Å². The number of halogens is 1. The van der Waals surface area contributed by atoms with Crippen LogP contribution in [-0.2, 0) is 6.54 Å². The summed E-state index contributed by atoms with van der Waals surface area (Å²) in [5.41, 5.74) is 3.95. The molecule has 2 aromatic rings. The van der Waals surface area contributed by atoms with Crippen molar-refractivity contribution in [3.63, 3.8) is 0 Å². The maximum Gasteiger partial charge on any atom is 0.123 e. The number of nitrogens with zero attached hydrogens (tertiary/aromatic N) is 2. The number of rotatable bonds is 7. The lowest BCUT2D eigenvalue weighted by atomic mass is 10.0. The number of hydrogen-bond donors (Lipinski definition) is 1. The Labute approximate surface area is 123 Å². The molecule has 5 heteroatoms. The zero-order chi connectivity index (χ0) is 14.4. The highest BCUT2D eigenvalue weighted by molar-refractivity contribution is 7.07. The predicted octanol–water partition coefficient (Wildman–Crippen LogP) is 3.06. The Morgan fingerprint density at radius 1 is 1.45 bits per heavy atom. The van der Waals surface area contributed by atoms with Gasteiger partial charge in [-0.15, -0.1) is 11.3 Å². The molecule has 1 unspecified atom stereocenters. The second-order valence-corrected chi connectivity index (χ2v) is 5.62. The molecule has 1 atom stereocenters. The number of aromatic nitrogens is 1. The van der Waals surface area contributed by atoms with Crippen molar-refractivity contribution in [2.24, 2.45) is 0 Å². The van der Waals surface area contributed by atoms with Crippen molar-refractivity contribution in [1.82, 2.24) is 15.2 Å². The van der Waals surface area contributed by atoms with Gasteiger partial charge in [-0.3, -0.25) is 0 Å². The minimum atomic E-state index is -0.182. The average Bonchev–Trinajstić information content (AvgIpc) is 2.92. The van der Waals surface area contributed by atoms with Crippen LogP contribution < -0.4 is 5.32 Å². The average molecular weight is 293 g/mol. The number of benzene rings is 1. The molecule has 20 heavy (non-hydrogen) atoms.